The molecule has 0 aromatic heterocycles. The minimum Gasteiger partial charge on any atom is -0.465 e. The maximum absolute atomic E-state index is 12.2. The molecule has 0 aliphatic rings. The summed E-state index contributed by atoms with van der Waals surface area (Å²) < 4.78 is 10.2. The van der Waals surface area contributed by atoms with Crippen molar-refractivity contribution < 1.29 is 19.1 Å². The maximum atomic E-state index is 12.2. The highest BCUT2D eigenvalue weighted by Gasteiger charge is 2.50. The third kappa shape index (κ3) is 3.72. The standard InChI is InChI=1S/C14H26O4/c1-6-9-10-14(11(4)5,12(15)17-7-2)13(16)18-8-3/h11H,6-10H2,1-5H3. The van der Waals surface area contributed by atoms with E-state index in [9.17, 15) is 9.59 Å². The van der Waals surface area contributed by atoms with E-state index in [0.29, 0.717) is 6.42 Å². The summed E-state index contributed by atoms with van der Waals surface area (Å²) in [4.78, 5) is 24.4. The zero-order chi connectivity index (χ0) is 14.2. The summed E-state index contributed by atoms with van der Waals surface area (Å²) in [6, 6.07) is 0. The molecular formula is C14H26O4. The van der Waals surface area contributed by atoms with Crippen molar-refractivity contribution in [3.8, 4) is 0 Å². The van der Waals surface area contributed by atoms with E-state index in [4.69, 9.17) is 9.47 Å². The van der Waals surface area contributed by atoms with Gasteiger partial charge in [0.1, 0.15) is 0 Å². The Bertz CT molecular complexity index is 253. The molecule has 0 N–H and O–H groups in total. The minimum absolute atomic E-state index is 0.137. The van der Waals surface area contributed by atoms with E-state index in [2.05, 4.69) is 0 Å². The van der Waals surface area contributed by atoms with Crippen LogP contribution in [0.25, 0.3) is 0 Å². The summed E-state index contributed by atoms with van der Waals surface area (Å²) in [6.45, 7) is 9.80. The van der Waals surface area contributed by atoms with Crippen molar-refractivity contribution in [2.75, 3.05) is 13.2 Å². The molecule has 0 bridgehead atoms. The Morgan fingerprint density at radius 3 is 1.72 bits per heavy atom. The fourth-order valence-corrected chi connectivity index (χ4v) is 2.02. The first-order chi connectivity index (χ1) is 8.47. The molecule has 0 heterocycles. The molecule has 106 valence electrons. The van der Waals surface area contributed by atoms with Crippen LogP contribution in [0.4, 0.5) is 0 Å². The molecule has 0 saturated carbocycles. The van der Waals surface area contributed by atoms with Crippen LogP contribution in [-0.4, -0.2) is 25.2 Å². The van der Waals surface area contributed by atoms with Crippen LogP contribution in [0.15, 0.2) is 0 Å². The first-order valence-electron chi connectivity index (χ1n) is 6.81. The Balaban J connectivity index is 5.27. The molecule has 0 aromatic carbocycles. The van der Waals surface area contributed by atoms with Gasteiger partial charge in [-0.2, -0.15) is 0 Å². The molecule has 4 nitrogen and oxygen atoms in total. The number of esters is 2. The Morgan fingerprint density at radius 1 is 1.00 bits per heavy atom. The SMILES string of the molecule is CCCCC(C(=O)OCC)(C(=O)OCC)C(C)C. The van der Waals surface area contributed by atoms with E-state index >= 15 is 0 Å². The molecule has 0 amide bonds. The van der Waals surface area contributed by atoms with Crippen molar-refractivity contribution in [2.24, 2.45) is 11.3 Å². The third-order valence-electron chi connectivity index (χ3n) is 3.19. The monoisotopic (exact) mass is 258 g/mol. The highest BCUT2D eigenvalue weighted by Crippen LogP contribution is 2.36. The second kappa shape index (κ2) is 8.11. The molecule has 0 saturated heterocycles. The molecule has 0 radical (unpaired) electrons. The molecule has 0 aliphatic carbocycles. The van der Waals surface area contributed by atoms with Crippen molar-refractivity contribution >= 4 is 11.9 Å². The van der Waals surface area contributed by atoms with E-state index in [1.54, 1.807) is 13.8 Å². The summed E-state index contributed by atoms with van der Waals surface area (Å²) in [5.74, 6) is -1.04. The predicted molar refractivity (Wildman–Crippen MR) is 70.1 cm³/mol. The summed E-state index contributed by atoms with van der Waals surface area (Å²) in [5, 5.41) is 0. The number of hydrogen-bond acceptors (Lipinski definition) is 4. The average molecular weight is 258 g/mol. The van der Waals surface area contributed by atoms with Crippen molar-refractivity contribution in [1.82, 2.24) is 0 Å². The van der Waals surface area contributed by atoms with Gasteiger partial charge in [0.05, 0.1) is 13.2 Å². The molecule has 0 spiro atoms. The van der Waals surface area contributed by atoms with Gasteiger partial charge in [0.25, 0.3) is 0 Å². The van der Waals surface area contributed by atoms with Gasteiger partial charge in [0.15, 0.2) is 5.41 Å². The average Bonchev–Trinajstić information content (AvgIpc) is 2.30. The first-order valence-corrected chi connectivity index (χ1v) is 6.81. The molecule has 18 heavy (non-hydrogen) atoms. The highest BCUT2D eigenvalue weighted by atomic mass is 16.6. The van der Waals surface area contributed by atoms with Gasteiger partial charge < -0.3 is 9.47 Å². The largest absolute Gasteiger partial charge is 0.465 e. The summed E-state index contributed by atoms with van der Waals surface area (Å²) in [5.41, 5.74) is -1.15. The third-order valence-corrected chi connectivity index (χ3v) is 3.19. The predicted octanol–water partition coefficient (Wildman–Crippen LogP) is 2.95. The van der Waals surface area contributed by atoms with Gasteiger partial charge in [-0.15, -0.1) is 0 Å². The summed E-state index contributed by atoms with van der Waals surface area (Å²) >= 11 is 0. The van der Waals surface area contributed by atoms with Crippen molar-refractivity contribution in [3.05, 3.63) is 0 Å². The van der Waals surface area contributed by atoms with Crippen LogP contribution >= 0.6 is 0 Å². The van der Waals surface area contributed by atoms with Crippen LogP contribution in [0.3, 0.4) is 0 Å². The smallest absolute Gasteiger partial charge is 0.323 e. The topological polar surface area (TPSA) is 52.6 Å². The Labute approximate surface area is 110 Å². The maximum Gasteiger partial charge on any atom is 0.323 e. The van der Waals surface area contributed by atoms with Crippen molar-refractivity contribution in [3.63, 3.8) is 0 Å². The van der Waals surface area contributed by atoms with Crippen LogP contribution in [0, 0.1) is 11.3 Å². The lowest BCUT2D eigenvalue weighted by Crippen LogP contribution is -2.46. The quantitative estimate of drug-likeness (QED) is 0.496. The lowest BCUT2D eigenvalue weighted by Gasteiger charge is -2.32. The van der Waals surface area contributed by atoms with Crippen molar-refractivity contribution in [1.29, 1.82) is 0 Å². The first kappa shape index (κ1) is 16.9. The molecule has 0 fully saturated rings. The normalized spacial score (nSPS) is 11.4. The zero-order valence-electron chi connectivity index (χ0n) is 12.2. The second-order valence-electron chi connectivity index (χ2n) is 4.67. The van der Waals surface area contributed by atoms with Gasteiger partial charge in [0.2, 0.25) is 0 Å². The molecular weight excluding hydrogens is 232 g/mol. The van der Waals surface area contributed by atoms with Gasteiger partial charge >= 0.3 is 11.9 Å². The van der Waals surface area contributed by atoms with Gasteiger partial charge in [-0.1, -0.05) is 33.6 Å². The van der Waals surface area contributed by atoms with E-state index in [-0.39, 0.29) is 19.1 Å². The fraction of sp³-hybridized carbons (Fsp3) is 0.857. The van der Waals surface area contributed by atoms with Gasteiger partial charge in [-0.3, -0.25) is 9.59 Å². The number of carbonyl (C=O) groups excluding carboxylic acids is 2. The molecule has 0 rings (SSSR count). The Morgan fingerprint density at radius 2 is 1.44 bits per heavy atom. The summed E-state index contributed by atoms with van der Waals surface area (Å²) in [6.07, 6.45) is 2.21. The second-order valence-corrected chi connectivity index (χ2v) is 4.67. The van der Waals surface area contributed by atoms with Crippen LogP contribution in [-0.2, 0) is 19.1 Å². The lowest BCUT2D eigenvalue weighted by atomic mass is 9.73. The Kier molecular flexibility index (Phi) is 7.64. The van der Waals surface area contributed by atoms with Crippen LogP contribution in [0.1, 0.15) is 53.9 Å². The van der Waals surface area contributed by atoms with Gasteiger partial charge in [-0.25, -0.2) is 0 Å². The molecule has 0 atom stereocenters. The number of rotatable bonds is 8. The van der Waals surface area contributed by atoms with Gasteiger partial charge in [0, 0.05) is 0 Å². The fourth-order valence-electron chi connectivity index (χ4n) is 2.02. The van der Waals surface area contributed by atoms with E-state index < -0.39 is 17.4 Å². The van der Waals surface area contributed by atoms with E-state index in [0.717, 1.165) is 12.8 Å². The molecule has 4 heteroatoms. The van der Waals surface area contributed by atoms with E-state index in [1.807, 2.05) is 20.8 Å². The highest BCUT2D eigenvalue weighted by molar-refractivity contribution is 6.00. The minimum atomic E-state index is -1.15. The van der Waals surface area contributed by atoms with Crippen LogP contribution in [0.2, 0.25) is 0 Å². The van der Waals surface area contributed by atoms with E-state index in [1.165, 1.54) is 0 Å². The number of ether oxygens (including phenoxy) is 2. The number of carbonyl (C=O) groups is 2. The number of hydrogen-bond donors (Lipinski definition) is 0. The molecule has 0 aliphatic heterocycles. The van der Waals surface area contributed by atoms with Crippen LogP contribution < -0.4 is 0 Å². The van der Waals surface area contributed by atoms with Crippen molar-refractivity contribution in [2.45, 2.75) is 53.9 Å². The number of unbranched alkanes of at least 4 members (excludes halogenated alkanes) is 1. The molecule has 0 unspecified atom stereocenters. The Hall–Kier alpha value is -1.06. The van der Waals surface area contributed by atoms with Gasteiger partial charge in [-0.05, 0) is 26.2 Å². The summed E-state index contributed by atoms with van der Waals surface area (Å²) in [7, 11) is 0. The lowest BCUT2D eigenvalue weighted by molar-refractivity contribution is -0.176. The zero-order valence-corrected chi connectivity index (χ0v) is 12.2. The van der Waals surface area contributed by atoms with Crippen LogP contribution in [0.5, 0.6) is 0 Å². The molecule has 0 aromatic rings.